The second-order valence-corrected chi connectivity index (χ2v) is 11.4. The molecule has 2 N–H and O–H groups in total. The Morgan fingerprint density at radius 2 is 1.72 bits per heavy atom. The van der Waals surface area contributed by atoms with Crippen LogP contribution in [-0.2, 0) is 14.3 Å². The summed E-state index contributed by atoms with van der Waals surface area (Å²) in [6.45, 7) is 15.8. The van der Waals surface area contributed by atoms with Gasteiger partial charge in [0, 0.05) is 12.6 Å². The molecular formula is C28H47N3O4S. The summed E-state index contributed by atoms with van der Waals surface area (Å²) in [4.78, 5) is 42.0. The monoisotopic (exact) mass is 521 g/mol. The van der Waals surface area contributed by atoms with Gasteiger partial charge >= 0.3 is 6.09 Å². The topological polar surface area (TPSA) is 87.7 Å². The van der Waals surface area contributed by atoms with Crippen molar-refractivity contribution in [3.8, 4) is 0 Å². The molecule has 1 rings (SSSR count). The molecule has 1 aromatic rings. The Labute approximate surface area is 222 Å². The van der Waals surface area contributed by atoms with Crippen LogP contribution in [0.3, 0.4) is 0 Å². The third-order valence-electron chi connectivity index (χ3n) is 5.96. The summed E-state index contributed by atoms with van der Waals surface area (Å²) in [6.07, 6.45) is 4.23. The zero-order valence-corrected chi connectivity index (χ0v) is 24.5. The van der Waals surface area contributed by atoms with Crippen LogP contribution in [0.5, 0.6) is 0 Å². The van der Waals surface area contributed by atoms with E-state index in [1.807, 2.05) is 52.1 Å². The fraction of sp³-hybridized carbons (Fsp3) is 0.679. The fourth-order valence-electron chi connectivity index (χ4n) is 4.10. The number of hydrogen-bond acceptors (Lipinski definition) is 5. The normalized spacial score (nSPS) is 13.9. The number of thioether (sulfide) groups is 1. The Morgan fingerprint density at radius 3 is 2.28 bits per heavy atom. The number of nitrogens with zero attached hydrogens (tertiary/aromatic N) is 1. The van der Waals surface area contributed by atoms with Gasteiger partial charge in [-0.15, -0.1) is 0 Å². The Balaban J connectivity index is 3.48. The van der Waals surface area contributed by atoms with Crippen LogP contribution >= 0.6 is 11.8 Å². The molecular weight excluding hydrogens is 474 g/mol. The molecule has 0 aromatic heterocycles. The van der Waals surface area contributed by atoms with Crippen molar-refractivity contribution >= 4 is 29.7 Å². The van der Waals surface area contributed by atoms with Crippen LogP contribution in [0.2, 0.25) is 0 Å². The Kier molecular flexibility index (Phi) is 13.4. The molecule has 0 fully saturated rings. The number of rotatable bonds is 13. The summed E-state index contributed by atoms with van der Waals surface area (Å²) >= 11 is 1.60. The molecule has 204 valence electrons. The molecule has 7 nitrogen and oxygen atoms in total. The molecule has 0 saturated carbocycles. The minimum atomic E-state index is -0.799. The first kappa shape index (κ1) is 31.8. The number of alkyl carbamates (subject to hydrolysis) is 1. The van der Waals surface area contributed by atoms with E-state index in [4.69, 9.17) is 4.74 Å². The molecule has 0 bridgehead atoms. The lowest BCUT2D eigenvalue weighted by molar-refractivity contribution is -0.142. The van der Waals surface area contributed by atoms with Crippen LogP contribution in [0.25, 0.3) is 0 Å². The smallest absolute Gasteiger partial charge is 0.408 e. The first-order valence-corrected chi connectivity index (χ1v) is 14.4. The quantitative estimate of drug-likeness (QED) is 0.356. The number of amides is 3. The largest absolute Gasteiger partial charge is 0.444 e. The predicted octanol–water partition coefficient (Wildman–Crippen LogP) is 5.53. The Hall–Kier alpha value is -2.22. The third kappa shape index (κ3) is 10.0. The number of aryl methyl sites for hydroxylation is 1. The van der Waals surface area contributed by atoms with Gasteiger partial charge in [-0.2, -0.15) is 11.8 Å². The van der Waals surface area contributed by atoms with E-state index in [2.05, 4.69) is 17.6 Å². The van der Waals surface area contributed by atoms with Gasteiger partial charge in [0.05, 0.1) is 0 Å². The first-order chi connectivity index (χ1) is 16.9. The number of hydrogen-bond donors (Lipinski definition) is 2. The van der Waals surface area contributed by atoms with Gasteiger partial charge in [-0.05, 0) is 89.5 Å². The summed E-state index contributed by atoms with van der Waals surface area (Å²) in [5.74, 6) is 0.202. The number of nitrogens with one attached hydrogen (secondary N) is 2. The Bertz CT molecular complexity index is 869. The van der Waals surface area contributed by atoms with Crippen molar-refractivity contribution in [1.82, 2.24) is 15.5 Å². The van der Waals surface area contributed by atoms with E-state index in [-0.39, 0.29) is 17.9 Å². The summed E-state index contributed by atoms with van der Waals surface area (Å²) in [7, 11) is 0. The van der Waals surface area contributed by atoms with Crippen LogP contribution < -0.4 is 10.6 Å². The molecule has 0 radical (unpaired) electrons. The molecule has 8 heteroatoms. The molecule has 1 aromatic carbocycles. The molecule has 3 amide bonds. The SMILES string of the molecule is CCCC(C)NC(=O)C(c1cccc(C)c1C)N(CCC)C(=O)C(CCSC)NC(=O)OC(C)(C)C. The van der Waals surface area contributed by atoms with Gasteiger partial charge in [0.1, 0.15) is 17.7 Å². The zero-order valence-electron chi connectivity index (χ0n) is 23.7. The molecule has 3 atom stereocenters. The summed E-state index contributed by atoms with van der Waals surface area (Å²) in [5, 5.41) is 5.91. The lowest BCUT2D eigenvalue weighted by Crippen LogP contribution is -2.54. The van der Waals surface area contributed by atoms with Gasteiger partial charge in [0.2, 0.25) is 11.8 Å². The average Bonchev–Trinajstić information content (AvgIpc) is 2.77. The second-order valence-electron chi connectivity index (χ2n) is 10.4. The lowest BCUT2D eigenvalue weighted by atomic mass is 9.94. The van der Waals surface area contributed by atoms with E-state index < -0.39 is 23.8 Å². The summed E-state index contributed by atoms with van der Waals surface area (Å²) < 4.78 is 5.44. The molecule has 0 aliphatic carbocycles. The molecule has 0 saturated heterocycles. The van der Waals surface area contributed by atoms with Gasteiger partial charge in [0.15, 0.2) is 0 Å². The van der Waals surface area contributed by atoms with Gasteiger partial charge in [-0.3, -0.25) is 9.59 Å². The average molecular weight is 522 g/mol. The van der Waals surface area contributed by atoms with Crippen LogP contribution in [0.15, 0.2) is 18.2 Å². The van der Waals surface area contributed by atoms with Gasteiger partial charge < -0.3 is 20.3 Å². The van der Waals surface area contributed by atoms with Gasteiger partial charge in [-0.25, -0.2) is 4.79 Å². The number of ether oxygens (including phenoxy) is 1. The highest BCUT2D eigenvalue weighted by Gasteiger charge is 2.36. The van der Waals surface area contributed by atoms with E-state index in [9.17, 15) is 14.4 Å². The first-order valence-electron chi connectivity index (χ1n) is 13.0. The summed E-state index contributed by atoms with van der Waals surface area (Å²) in [5.41, 5.74) is 2.16. The molecule has 0 spiro atoms. The van der Waals surface area contributed by atoms with E-state index in [1.165, 1.54) is 0 Å². The standard InChI is InChI=1S/C28H47N3O4S/c1-10-13-20(4)29-25(32)24(22-15-12-14-19(3)21(22)5)31(17-11-2)26(33)23(16-18-36-9)30-27(34)35-28(6,7)8/h12,14-15,20,23-24H,10-11,13,16-18H2,1-9H3,(H,29,32)(H,30,34). The van der Waals surface area contributed by atoms with Crippen LogP contribution in [0.4, 0.5) is 4.79 Å². The second kappa shape index (κ2) is 15.1. The van der Waals surface area contributed by atoms with Crippen molar-refractivity contribution < 1.29 is 19.1 Å². The predicted molar refractivity (Wildman–Crippen MR) is 149 cm³/mol. The summed E-state index contributed by atoms with van der Waals surface area (Å²) in [6, 6.07) is 4.24. The van der Waals surface area contributed by atoms with Crippen LogP contribution in [0.1, 0.15) is 90.0 Å². The minimum absolute atomic E-state index is 0.0131. The highest BCUT2D eigenvalue weighted by molar-refractivity contribution is 7.98. The van der Waals surface area contributed by atoms with Crippen LogP contribution in [0, 0.1) is 13.8 Å². The minimum Gasteiger partial charge on any atom is -0.444 e. The molecule has 0 heterocycles. The van der Waals surface area contributed by atoms with E-state index in [1.54, 1.807) is 37.4 Å². The van der Waals surface area contributed by atoms with E-state index in [0.717, 1.165) is 29.5 Å². The number of carbonyl (C=O) groups is 3. The fourth-order valence-corrected chi connectivity index (χ4v) is 4.57. The molecule has 3 unspecified atom stereocenters. The molecule has 36 heavy (non-hydrogen) atoms. The van der Waals surface area contributed by atoms with E-state index >= 15 is 0 Å². The van der Waals surface area contributed by atoms with Crippen molar-refractivity contribution in [1.29, 1.82) is 0 Å². The van der Waals surface area contributed by atoms with Crippen LogP contribution in [-0.4, -0.2) is 59.0 Å². The number of carbonyl (C=O) groups excluding carboxylic acids is 3. The van der Waals surface area contributed by atoms with Gasteiger partial charge in [-0.1, -0.05) is 38.5 Å². The van der Waals surface area contributed by atoms with Crippen molar-refractivity contribution in [3.05, 3.63) is 34.9 Å². The van der Waals surface area contributed by atoms with Gasteiger partial charge in [0.25, 0.3) is 0 Å². The highest BCUT2D eigenvalue weighted by Crippen LogP contribution is 2.28. The Morgan fingerprint density at radius 1 is 1.06 bits per heavy atom. The maximum atomic E-state index is 14.0. The van der Waals surface area contributed by atoms with E-state index in [0.29, 0.717) is 25.1 Å². The lowest BCUT2D eigenvalue weighted by Gasteiger charge is -2.35. The van der Waals surface area contributed by atoms with Crippen molar-refractivity contribution in [2.24, 2.45) is 0 Å². The maximum Gasteiger partial charge on any atom is 0.408 e. The molecule has 0 aliphatic rings. The van der Waals surface area contributed by atoms with Crippen molar-refractivity contribution in [2.45, 2.75) is 105 Å². The van der Waals surface area contributed by atoms with Crippen molar-refractivity contribution in [3.63, 3.8) is 0 Å². The number of benzene rings is 1. The maximum absolute atomic E-state index is 14.0. The van der Waals surface area contributed by atoms with Crippen molar-refractivity contribution in [2.75, 3.05) is 18.6 Å². The molecule has 0 aliphatic heterocycles. The third-order valence-corrected chi connectivity index (χ3v) is 6.60. The zero-order chi connectivity index (χ0) is 27.5. The highest BCUT2D eigenvalue weighted by atomic mass is 32.2.